The second-order valence-corrected chi connectivity index (χ2v) is 14.3. The quantitative estimate of drug-likeness (QED) is 0.171. The molecule has 7 heteroatoms. The molecule has 0 spiro atoms. The normalized spacial score (nSPS) is 9.07. The summed E-state index contributed by atoms with van der Waals surface area (Å²) in [4.78, 5) is 29.8. The number of hydrogen-bond acceptors (Lipinski definition) is 3. The summed E-state index contributed by atoms with van der Waals surface area (Å²) in [5.41, 5.74) is 14.1. The van der Waals surface area contributed by atoms with Crippen molar-refractivity contribution >= 4 is 52.7 Å². The average molecular weight is 822 g/mol. The molecule has 58 heavy (non-hydrogen) atoms. The van der Waals surface area contributed by atoms with Crippen LogP contribution in [0.3, 0.4) is 0 Å². The van der Waals surface area contributed by atoms with E-state index in [1.807, 2.05) is 72.8 Å². The highest BCUT2D eigenvalue weighted by atomic mass is 35.5. The molecule has 308 valence electrons. The lowest BCUT2D eigenvalue weighted by Crippen LogP contribution is -2.04. The molecule has 0 saturated carbocycles. The van der Waals surface area contributed by atoms with E-state index in [-0.39, 0.29) is 11.8 Å². The molecule has 0 bridgehead atoms. The van der Waals surface area contributed by atoms with E-state index in [0.29, 0.717) is 10.0 Å². The van der Waals surface area contributed by atoms with Crippen LogP contribution in [0.5, 0.6) is 0 Å². The highest BCUT2D eigenvalue weighted by Gasteiger charge is 1.96. The summed E-state index contributed by atoms with van der Waals surface area (Å²) in [6.45, 7) is 23.7. The third-order valence-corrected chi connectivity index (χ3v) is 8.93. The van der Waals surface area contributed by atoms with Gasteiger partial charge in [0.25, 0.3) is 0 Å². The van der Waals surface area contributed by atoms with Crippen LogP contribution in [-0.2, 0) is 14.4 Å². The SMILES string of the molecule is CC(=O)Nc1ccccc1.CC(=O)Nc1ccccc1.CC=O.Cc1cc(C)c(C)c(C)c1.Cc1ccc(C)c(C)c1.Cc1ccccc1C.Clc1ccccc1Cl. The molecule has 0 fully saturated rings. The van der Waals surface area contributed by atoms with Gasteiger partial charge in [-0.3, -0.25) is 9.59 Å². The van der Waals surface area contributed by atoms with Crippen molar-refractivity contribution in [2.75, 3.05) is 10.6 Å². The van der Waals surface area contributed by atoms with Crippen molar-refractivity contribution in [3.05, 3.63) is 200 Å². The molecule has 5 nitrogen and oxygen atoms in total. The van der Waals surface area contributed by atoms with Crippen LogP contribution in [0.25, 0.3) is 0 Å². The largest absolute Gasteiger partial charge is 0.326 e. The smallest absolute Gasteiger partial charge is 0.221 e. The van der Waals surface area contributed by atoms with Crippen LogP contribution in [0.1, 0.15) is 70.8 Å². The first-order chi connectivity index (χ1) is 27.4. The number of nitrogens with one attached hydrogen (secondary N) is 2. The zero-order valence-corrected chi connectivity index (χ0v) is 37.8. The molecule has 0 unspecified atom stereocenters. The van der Waals surface area contributed by atoms with Crippen LogP contribution < -0.4 is 10.6 Å². The van der Waals surface area contributed by atoms with Gasteiger partial charge in [0.15, 0.2) is 0 Å². The summed E-state index contributed by atoms with van der Waals surface area (Å²) in [5, 5.41) is 6.54. The maximum absolute atomic E-state index is 10.5. The Morgan fingerprint density at radius 3 is 1.03 bits per heavy atom. The van der Waals surface area contributed by atoms with Crippen LogP contribution in [-0.4, -0.2) is 18.1 Å². The van der Waals surface area contributed by atoms with Gasteiger partial charge in [0.2, 0.25) is 11.8 Å². The number of aryl methyl sites for hydroxylation is 8. The number of carbonyl (C=O) groups excluding carboxylic acids is 3. The lowest BCUT2D eigenvalue weighted by molar-refractivity contribution is -0.115. The Bertz CT molecular complexity index is 1920. The Kier molecular flexibility index (Phi) is 27.7. The van der Waals surface area contributed by atoms with Crippen LogP contribution >= 0.6 is 23.2 Å². The van der Waals surface area contributed by atoms with Gasteiger partial charge in [-0.05, 0) is 145 Å². The Morgan fingerprint density at radius 2 is 0.741 bits per heavy atom. The van der Waals surface area contributed by atoms with Crippen molar-refractivity contribution in [1.82, 2.24) is 0 Å². The minimum absolute atomic E-state index is 0.0359. The zero-order valence-electron chi connectivity index (χ0n) is 36.3. The third-order valence-electron chi connectivity index (χ3n) is 8.17. The topological polar surface area (TPSA) is 75.3 Å². The Morgan fingerprint density at radius 1 is 0.431 bits per heavy atom. The molecule has 2 N–H and O–H groups in total. The Balaban J connectivity index is 0.000000664. The van der Waals surface area contributed by atoms with Crippen molar-refractivity contribution in [2.45, 2.75) is 83.1 Å². The van der Waals surface area contributed by atoms with Gasteiger partial charge in [-0.1, -0.05) is 137 Å². The van der Waals surface area contributed by atoms with Gasteiger partial charge in [0.05, 0.1) is 10.0 Å². The number of rotatable bonds is 2. The van der Waals surface area contributed by atoms with Gasteiger partial charge in [0.1, 0.15) is 6.29 Å². The molecule has 0 heterocycles. The molecule has 6 aromatic carbocycles. The van der Waals surface area contributed by atoms with Crippen molar-refractivity contribution in [3.8, 4) is 0 Å². The number of anilines is 2. The molecule has 6 aromatic rings. The van der Waals surface area contributed by atoms with Gasteiger partial charge in [-0.2, -0.15) is 0 Å². The lowest BCUT2D eigenvalue weighted by atomic mass is 10.0. The van der Waals surface area contributed by atoms with Gasteiger partial charge < -0.3 is 15.4 Å². The number of halogens is 2. The summed E-state index contributed by atoms with van der Waals surface area (Å²) in [6, 6.07) is 45.2. The van der Waals surface area contributed by atoms with E-state index >= 15 is 0 Å². The fraction of sp³-hybridized carbons (Fsp3) is 0.235. The van der Waals surface area contributed by atoms with E-state index in [9.17, 15) is 9.59 Å². The van der Waals surface area contributed by atoms with Crippen LogP contribution in [0.2, 0.25) is 10.0 Å². The molecule has 0 saturated heterocycles. The summed E-state index contributed by atoms with van der Waals surface area (Å²) in [6.07, 6.45) is 0.750. The van der Waals surface area contributed by atoms with Crippen molar-refractivity contribution in [3.63, 3.8) is 0 Å². The Labute approximate surface area is 358 Å². The number of benzene rings is 6. The minimum atomic E-state index is -0.0359. The second kappa shape index (κ2) is 30.6. The molecule has 0 atom stereocenters. The first kappa shape index (κ1) is 52.5. The van der Waals surface area contributed by atoms with Crippen molar-refractivity contribution in [1.29, 1.82) is 0 Å². The summed E-state index contributed by atoms with van der Waals surface area (Å²) in [5.74, 6) is -0.0719. The van der Waals surface area contributed by atoms with Crippen LogP contribution in [0, 0.1) is 62.3 Å². The van der Waals surface area contributed by atoms with E-state index in [0.717, 1.165) is 17.7 Å². The van der Waals surface area contributed by atoms with Gasteiger partial charge >= 0.3 is 0 Å². The van der Waals surface area contributed by atoms with Crippen molar-refractivity contribution < 1.29 is 14.4 Å². The molecule has 0 aliphatic rings. The number of carbonyl (C=O) groups is 3. The monoisotopic (exact) mass is 820 g/mol. The molecule has 0 radical (unpaired) electrons. The van der Waals surface area contributed by atoms with E-state index in [4.69, 9.17) is 28.0 Å². The fourth-order valence-corrected chi connectivity index (χ4v) is 4.97. The van der Waals surface area contributed by atoms with E-state index in [1.54, 1.807) is 12.1 Å². The standard InChI is InChI=1S/C10H14.C9H12.2C8H9NO.C8H10.C6H4Cl2.C2H4O/c1-7-5-8(2)10(4)9(3)6-7;1-7-4-5-8(2)9(3)6-7;2*1-7(10)9-8-5-3-2-4-6-8;1-7-5-3-4-6-8(7)2;7-5-3-1-2-4-6(5)8;1-2-3/h5-6H,1-4H3;4-6H,1-3H3;2*2-6H,1H3,(H,9,10);3-6H,1-2H3;1-4H;2H,1H3. The van der Waals surface area contributed by atoms with Gasteiger partial charge in [-0.25, -0.2) is 0 Å². The highest BCUT2D eigenvalue weighted by Crippen LogP contribution is 2.19. The van der Waals surface area contributed by atoms with E-state index in [2.05, 4.69) is 128 Å². The zero-order chi connectivity index (χ0) is 44.0. The molecule has 6 rings (SSSR count). The predicted octanol–water partition coefficient (Wildman–Crippen LogP) is 14.3. The molecular weight excluding hydrogens is 759 g/mol. The maximum Gasteiger partial charge on any atom is 0.221 e. The van der Waals surface area contributed by atoms with E-state index < -0.39 is 0 Å². The number of amides is 2. The van der Waals surface area contributed by atoms with Crippen molar-refractivity contribution in [2.24, 2.45) is 0 Å². The first-order valence-electron chi connectivity index (χ1n) is 19.0. The molecule has 0 aromatic heterocycles. The first-order valence-corrected chi connectivity index (χ1v) is 19.7. The summed E-state index contributed by atoms with van der Waals surface area (Å²) < 4.78 is 0. The fourth-order valence-electron chi connectivity index (χ4n) is 4.70. The third kappa shape index (κ3) is 25.6. The van der Waals surface area contributed by atoms with Gasteiger partial charge in [0, 0.05) is 25.2 Å². The number of para-hydroxylation sites is 2. The highest BCUT2D eigenvalue weighted by molar-refractivity contribution is 6.41. The number of aldehydes is 1. The van der Waals surface area contributed by atoms with E-state index in [1.165, 1.54) is 70.8 Å². The Hall–Kier alpha value is -5.49. The lowest BCUT2D eigenvalue weighted by Gasteiger charge is -2.04. The van der Waals surface area contributed by atoms with Gasteiger partial charge in [-0.15, -0.1) is 0 Å². The molecule has 0 aliphatic carbocycles. The molecule has 0 aliphatic heterocycles. The van der Waals surface area contributed by atoms with Crippen LogP contribution in [0.4, 0.5) is 11.4 Å². The minimum Gasteiger partial charge on any atom is -0.326 e. The number of hydrogen-bond donors (Lipinski definition) is 2. The maximum atomic E-state index is 10.5. The molecule has 2 amide bonds. The predicted molar refractivity (Wildman–Crippen MR) is 252 cm³/mol. The summed E-state index contributed by atoms with van der Waals surface area (Å²) >= 11 is 11.2. The summed E-state index contributed by atoms with van der Waals surface area (Å²) in [7, 11) is 0. The molecular formula is C51H62Cl2N2O3. The van der Waals surface area contributed by atoms with Crippen LogP contribution in [0.15, 0.2) is 140 Å². The second-order valence-electron chi connectivity index (χ2n) is 13.4. The average Bonchev–Trinajstić information content (AvgIpc) is 3.17.